The standard InChI is InChI=1S/C22H26ClFN4OS/c1-16(17-7-9-18(24)10-8-17)25-22(30)28-12-4-11-27(13-14-28)15-21(29)26-20-6-3-2-5-19(20)23/h2-3,5-10,16H,4,11-15H2,1H3,(H,25,30)(H,26,29). The maximum atomic E-state index is 13.1. The molecule has 2 N–H and O–H groups in total. The van der Waals surface area contributed by atoms with Crippen molar-refractivity contribution in [2.24, 2.45) is 0 Å². The van der Waals surface area contributed by atoms with Crippen molar-refractivity contribution in [3.8, 4) is 0 Å². The van der Waals surface area contributed by atoms with Crippen LogP contribution in [0.1, 0.15) is 24.9 Å². The molecular weight excluding hydrogens is 423 g/mol. The quantitative estimate of drug-likeness (QED) is 0.675. The van der Waals surface area contributed by atoms with Crippen molar-refractivity contribution < 1.29 is 9.18 Å². The van der Waals surface area contributed by atoms with Crippen molar-refractivity contribution in [2.75, 3.05) is 38.0 Å². The molecule has 30 heavy (non-hydrogen) atoms. The molecule has 1 aliphatic rings. The summed E-state index contributed by atoms with van der Waals surface area (Å²) in [6.07, 6.45) is 0.909. The zero-order chi connectivity index (χ0) is 21.5. The topological polar surface area (TPSA) is 47.6 Å². The number of halogens is 2. The van der Waals surface area contributed by atoms with Gasteiger partial charge in [0.15, 0.2) is 5.11 Å². The van der Waals surface area contributed by atoms with Gasteiger partial charge in [0.2, 0.25) is 5.91 Å². The third-order valence-corrected chi connectivity index (χ3v) is 5.81. The Bertz CT molecular complexity index is 880. The third kappa shape index (κ3) is 6.39. The fourth-order valence-electron chi connectivity index (χ4n) is 3.40. The Labute approximate surface area is 187 Å². The Morgan fingerprint density at radius 3 is 2.60 bits per heavy atom. The Balaban J connectivity index is 1.48. The molecule has 8 heteroatoms. The molecule has 0 spiro atoms. The first kappa shape index (κ1) is 22.5. The fraction of sp³-hybridized carbons (Fsp3) is 0.364. The average Bonchev–Trinajstić information content (AvgIpc) is 2.96. The fourth-order valence-corrected chi connectivity index (χ4v) is 3.94. The van der Waals surface area contributed by atoms with Crippen LogP contribution in [0.5, 0.6) is 0 Å². The number of carbonyl (C=O) groups is 1. The minimum Gasteiger partial charge on any atom is -0.356 e. The summed E-state index contributed by atoms with van der Waals surface area (Å²) in [6, 6.07) is 13.6. The highest BCUT2D eigenvalue weighted by molar-refractivity contribution is 7.80. The Morgan fingerprint density at radius 2 is 1.87 bits per heavy atom. The van der Waals surface area contributed by atoms with Crippen LogP contribution in [0.3, 0.4) is 0 Å². The van der Waals surface area contributed by atoms with Gasteiger partial charge in [-0.3, -0.25) is 9.69 Å². The summed E-state index contributed by atoms with van der Waals surface area (Å²) in [6.45, 7) is 5.44. The van der Waals surface area contributed by atoms with Crippen molar-refractivity contribution in [3.63, 3.8) is 0 Å². The van der Waals surface area contributed by atoms with E-state index in [1.165, 1.54) is 12.1 Å². The van der Waals surface area contributed by atoms with Crippen LogP contribution in [0.15, 0.2) is 48.5 Å². The molecule has 1 heterocycles. The SMILES string of the molecule is CC(NC(=S)N1CCCN(CC(=O)Nc2ccccc2Cl)CC1)c1ccc(F)cc1. The van der Waals surface area contributed by atoms with Crippen LogP contribution in [0.4, 0.5) is 10.1 Å². The van der Waals surface area contributed by atoms with E-state index >= 15 is 0 Å². The van der Waals surface area contributed by atoms with E-state index in [9.17, 15) is 9.18 Å². The first-order valence-corrected chi connectivity index (χ1v) is 10.8. The molecule has 3 rings (SSSR count). The van der Waals surface area contributed by atoms with Crippen LogP contribution in [-0.2, 0) is 4.79 Å². The molecule has 1 fully saturated rings. The van der Waals surface area contributed by atoms with Crippen LogP contribution in [-0.4, -0.2) is 53.5 Å². The van der Waals surface area contributed by atoms with E-state index in [-0.39, 0.29) is 17.8 Å². The van der Waals surface area contributed by atoms with Crippen molar-refractivity contribution in [1.82, 2.24) is 15.1 Å². The largest absolute Gasteiger partial charge is 0.356 e. The van der Waals surface area contributed by atoms with Gasteiger partial charge in [0.05, 0.1) is 23.3 Å². The number of carbonyl (C=O) groups excluding carboxylic acids is 1. The summed E-state index contributed by atoms with van der Waals surface area (Å²) in [5, 5.41) is 7.40. The number of hydrogen-bond acceptors (Lipinski definition) is 3. The summed E-state index contributed by atoms with van der Waals surface area (Å²) < 4.78 is 13.1. The molecule has 0 radical (unpaired) electrons. The van der Waals surface area contributed by atoms with Gasteiger partial charge in [-0.05, 0) is 55.4 Å². The zero-order valence-electron chi connectivity index (χ0n) is 16.9. The number of anilines is 1. The molecule has 2 aromatic carbocycles. The van der Waals surface area contributed by atoms with Crippen molar-refractivity contribution in [1.29, 1.82) is 0 Å². The predicted octanol–water partition coefficient (Wildman–Crippen LogP) is 4.06. The van der Waals surface area contributed by atoms with Crippen molar-refractivity contribution in [3.05, 3.63) is 64.9 Å². The van der Waals surface area contributed by atoms with Gasteiger partial charge in [0.25, 0.3) is 0 Å². The molecule has 160 valence electrons. The van der Waals surface area contributed by atoms with Gasteiger partial charge in [-0.1, -0.05) is 35.9 Å². The summed E-state index contributed by atoms with van der Waals surface area (Å²) >= 11 is 11.7. The molecule has 1 unspecified atom stereocenters. The number of rotatable bonds is 5. The number of nitrogens with one attached hydrogen (secondary N) is 2. The molecule has 0 saturated carbocycles. The molecule has 0 aromatic heterocycles. The van der Waals surface area contributed by atoms with E-state index in [2.05, 4.69) is 20.4 Å². The van der Waals surface area contributed by atoms with E-state index in [0.717, 1.165) is 38.2 Å². The lowest BCUT2D eigenvalue weighted by Gasteiger charge is -2.27. The lowest BCUT2D eigenvalue weighted by Crippen LogP contribution is -2.43. The number of amides is 1. The van der Waals surface area contributed by atoms with Gasteiger partial charge in [-0.15, -0.1) is 0 Å². The summed E-state index contributed by atoms with van der Waals surface area (Å²) in [5.74, 6) is -0.332. The second kappa shape index (κ2) is 10.7. The molecule has 1 atom stereocenters. The lowest BCUT2D eigenvalue weighted by molar-refractivity contribution is -0.117. The van der Waals surface area contributed by atoms with Crippen LogP contribution in [0.2, 0.25) is 5.02 Å². The molecule has 0 bridgehead atoms. The van der Waals surface area contributed by atoms with Gasteiger partial charge in [0.1, 0.15) is 5.82 Å². The zero-order valence-corrected chi connectivity index (χ0v) is 18.5. The van der Waals surface area contributed by atoms with E-state index in [4.69, 9.17) is 23.8 Å². The maximum absolute atomic E-state index is 13.1. The minimum absolute atomic E-state index is 0.0149. The molecule has 1 saturated heterocycles. The number of nitrogens with zero attached hydrogens (tertiary/aromatic N) is 2. The van der Waals surface area contributed by atoms with Crippen LogP contribution < -0.4 is 10.6 Å². The highest BCUT2D eigenvalue weighted by Gasteiger charge is 2.20. The van der Waals surface area contributed by atoms with Crippen LogP contribution in [0, 0.1) is 5.82 Å². The van der Waals surface area contributed by atoms with E-state index in [1.54, 1.807) is 24.3 Å². The van der Waals surface area contributed by atoms with E-state index < -0.39 is 0 Å². The first-order chi connectivity index (χ1) is 14.4. The van der Waals surface area contributed by atoms with Gasteiger partial charge in [0, 0.05) is 26.2 Å². The molecule has 1 aliphatic heterocycles. The Morgan fingerprint density at radius 1 is 1.13 bits per heavy atom. The highest BCUT2D eigenvalue weighted by atomic mass is 35.5. The van der Waals surface area contributed by atoms with Crippen molar-refractivity contribution in [2.45, 2.75) is 19.4 Å². The van der Waals surface area contributed by atoms with E-state index in [0.29, 0.717) is 22.4 Å². The summed E-state index contributed by atoms with van der Waals surface area (Å²) in [7, 11) is 0. The Kier molecular flexibility index (Phi) is 8.01. The summed E-state index contributed by atoms with van der Waals surface area (Å²) in [5.41, 5.74) is 1.60. The first-order valence-electron chi connectivity index (χ1n) is 10.00. The summed E-state index contributed by atoms with van der Waals surface area (Å²) in [4.78, 5) is 16.6. The van der Waals surface area contributed by atoms with Gasteiger partial charge in [-0.2, -0.15) is 0 Å². The van der Waals surface area contributed by atoms with E-state index in [1.807, 2.05) is 19.1 Å². The molecule has 1 amide bonds. The Hall–Kier alpha value is -2.22. The number of benzene rings is 2. The molecular formula is C22H26ClFN4OS. The van der Waals surface area contributed by atoms with Crippen LogP contribution >= 0.6 is 23.8 Å². The monoisotopic (exact) mass is 448 g/mol. The third-order valence-electron chi connectivity index (χ3n) is 5.10. The second-order valence-corrected chi connectivity index (χ2v) is 8.16. The molecule has 5 nitrogen and oxygen atoms in total. The van der Waals surface area contributed by atoms with Crippen LogP contribution in [0.25, 0.3) is 0 Å². The number of hydrogen-bond donors (Lipinski definition) is 2. The maximum Gasteiger partial charge on any atom is 0.238 e. The predicted molar refractivity (Wildman–Crippen MR) is 123 cm³/mol. The second-order valence-electron chi connectivity index (χ2n) is 7.37. The van der Waals surface area contributed by atoms with Gasteiger partial charge >= 0.3 is 0 Å². The lowest BCUT2D eigenvalue weighted by atomic mass is 10.1. The number of thiocarbonyl (C=S) groups is 1. The smallest absolute Gasteiger partial charge is 0.238 e. The number of para-hydroxylation sites is 1. The van der Waals surface area contributed by atoms with Gasteiger partial charge < -0.3 is 15.5 Å². The molecule has 0 aliphatic carbocycles. The minimum atomic E-state index is -0.250. The van der Waals surface area contributed by atoms with Gasteiger partial charge in [-0.25, -0.2) is 4.39 Å². The highest BCUT2D eigenvalue weighted by Crippen LogP contribution is 2.20. The normalized spacial score (nSPS) is 15.9. The average molecular weight is 449 g/mol. The molecule has 2 aromatic rings. The van der Waals surface area contributed by atoms with Crippen molar-refractivity contribution >= 4 is 40.5 Å².